The van der Waals surface area contributed by atoms with Crippen LogP contribution in [0.2, 0.25) is 5.02 Å². The van der Waals surface area contributed by atoms with E-state index in [-0.39, 0.29) is 5.91 Å². The fraction of sp³-hybridized carbons (Fsp3) is 0.458. The first-order valence-electron chi connectivity index (χ1n) is 10.7. The van der Waals surface area contributed by atoms with E-state index in [1.54, 1.807) is 7.11 Å². The highest BCUT2D eigenvalue weighted by molar-refractivity contribution is 6.30. The van der Waals surface area contributed by atoms with E-state index in [1.807, 2.05) is 29.2 Å². The summed E-state index contributed by atoms with van der Waals surface area (Å²) in [5, 5.41) is 0.768. The molecule has 1 amide bonds. The molecular formula is C24H30ClN3O2. The number of halogens is 1. The van der Waals surface area contributed by atoms with Gasteiger partial charge < -0.3 is 9.64 Å². The first-order chi connectivity index (χ1) is 14.6. The van der Waals surface area contributed by atoms with Gasteiger partial charge >= 0.3 is 0 Å². The number of piperazine rings is 1. The molecule has 30 heavy (non-hydrogen) atoms. The lowest BCUT2D eigenvalue weighted by molar-refractivity contribution is -0.134. The van der Waals surface area contributed by atoms with Crippen LogP contribution < -0.4 is 4.74 Å². The van der Waals surface area contributed by atoms with Crippen LogP contribution in [0, 0.1) is 0 Å². The normalized spacial score (nSPS) is 17.4. The molecule has 0 aromatic heterocycles. The second kappa shape index (κ2) is 9.82. The van der Waals surface area contributed by atoms with E-state index < -0.39 is 0 Å². The summed E-state index contributed by atoms with van der Waals surface area (Å²) in [7, 11) is 1.68. The van der Waals surface area contributed by atoms with Crippen LogP contribution in [0.1, 0.15) is 24.0 Å². The highest BCUT2D eigenvalue weighted by Gasteiger charge is 2.32. The first-order valence-corrected chi connectivity index (χ1v) is 11.1. The first kappa shape index (κ1) is 21.2. The van der Waals surface area contributed by atoms with Gasteiger partial charge in [0.2, 0.25) is 5.91 Å². The van der Waals surface area contributed by atoms with E-state index in [9.17, 15) is 4.79 Å². The van der Waals surface area contributed by atoms with Crippen LogP contribution in [0.3, 0.4) is 0 Å². The average Bonchev–Trinajstić information content (AvgIpc) is 3.61. The van der Waals surface area contributed by atoms with Crippen LogP contribution in [0.25, 0.3) is 0 Å². The molecule has 2 aliphatic rings. The summed E-state index contributed by atoms with van der Waals surface area (Å²) >= 11 is 5.97. The molecule has 5 nitrogen and oxygen atoms in total. The van der Waals surface area contributed by atoms with Crippen molar-refractivity contribution < 1.29 is 9.53 Å². The fourth-order valence-corrected chi connectivity index (χ4v) is 4.12. The van der Waals surface area contributed by atoms with Crippen LogP contribution >= 0.6 is 11.6 Å². The molecule has 1 aliphatic carbocycles. The Morgan fingerprint density at radius 2 is 1.63 bits per heavy atom. The number of ether oxygens (including phenoxy) is 1. The molecule has 2 fully saturated rings. The Bertz CT molecular complexity index is 829. The molecule has 1 saturated carbocycles. The SMILES string of the molecule is COc1ccc(CN(CC(=O)N2CCN(Cc3ccc(Cl)cc3)CC2)C2CC2)cc1. The van der Waals surface area contributed by atoms with Crippen LogP contribution in [0.5, 0.6) is 5.75 Å². The van der Waals surface area contributed by atoms with Gasteiger partial charge in [-0.2, -0.15) is 0 Å². The second-order valence-corrected chi connectivity index (χ2v) is 8.70. The maximum atomic E-state index is 13.0. The van der Waals surface area contributed by atoms with Crippen molar-refractivity contribution in [3.05, 3.63) is 64.7 Å². The molecule has 160 valence electrons. The molecule has 6 heteroatoms. The van der Waals surface area contributed by atoms with E-state index in [2.05, 4.69) is 34.1 Å². The zero-order chi connectivity index (χ0) is 20.9. The molecule has 0 bridgehead atoms. The van der Waals surface area contributed by atoms with Gasteiger partial charge in [-0.15, -0.1) is 0 Å². The van der Waals surface area contributed by atoms with E-state index in [0.717, 1.165) is 50.0 Å². The second-order valence-electron chi connectivity index (χ2n) is 8.27. The smallest absolute Gasteiger partial charge is 0.236 e. The molecule has 1 aliphatic heterocycles. The Kier molecular flexibility index (Phi) is 6.93. The minimum atomic E-state index is 0.251. The highest BCUT2D eigenvalue weighted by atomic mass is 35.5. The molecular weight excluding hydrogens is 398 g/mol. The van der Waals surface area contributed by atoms with Crippen molar-refractivity contribution in [2.75, 3.05) is 39.8 Å². The van der Waals surface area contributed by atoms with E-state index in [4.69, 9.17) is 16.3 Å². The molecule has 0 spiro atoms. The van der Waals surface area contributed by atoms with Crippen LogP contribution in [0.4, 0.5) is 0 Å². The number of methoxy groups -OCH3 is 1. The molecule has 0 N–H and O–H groups in total. The summed E-state index contributed by atoms with van der Waals surface area (Å²) in [6.07, 6.45) is 2.39. The van der Waals surface area contributed by atoms with Gasteiger partial charge in [-0.3, -0.25) is 14.6 Å². The van der Waals surface area contributed by atoms with Crippen molar-refractivity contribution in [1.82, 2.24) is 14.7 Å². The summed E-state index contributed by atoms with van der Waals surface area (Å²) in [4.78, 5) is 19.7. The van der Waals surface area contributed by atoms with Gasteiger partial charge in [-0.25, -0.2) is 0 Å². The summed E-state index contributed by atoms with van der Waals surface area (Å²) in [5.41, 5.74) is 2.49. The Morgan fingerprint density at radius 3 is 2.23 bits per heavy atom. The van der Waals surface area contributed by atoms with Crippen LogP contribution in [-0.2, 0) is 17.9 Å². The number of carbonyl (C=O) groups is 1. The quantitative estimate of drug-likeness (QED) is 0.644. The van der Waals surface area contributed by atoms with Gasteiger partial charge in [0.25, 0.3) is 0 Å². The Hall–Kier alpha value is -2.08. The highest BCUT2D eigenvalue weighted by Crippen LogP contribution is 2.28. The van der Waals surface area contributed by atoms with Crippen molar-refractivity contribution in [2.24, 2.45) is 0 Å². The van der Waals surface area contributed by atoms with Crippen LogP contribution in [-0.4, -0.2) is 66.5 Å². The minimum absolute atomic E-state index is 0.251. The van der Waals surface area contributed by atoms with E-state index >= 15 is 0 Å². The number of carbonyl (C=O) groups excluding carboxylic acids is 1. The van der Waals surface area contributed by atoms with Gasteiger partial charge in [0.05, 0.1) is 13.7 Å². The number of rotatable bonds is 8. The lowest BCUT2D eigenvalue weighted by Gasteiger charge is -2.36. The maximum Gasteiger partial charge on any atom is 0.236 e. The summed E-state index contributed by atoms with van der Waals surface area (Å²) in [6.45, 7) is 5.66. The van der Waals surface area contributed by atoms with Gasteiger partial charge in [0.15, 0.2) is 0 Å². The van der Waals surface area contributed by atoms with Crippen molar-refractivity contribution in [1.29, 1.82) is 0 Å². The molecule has 0 unspecified atom stereocenters. The summed E-state index contributed by atoms with van der Waals surface area (Å²) in [6, 6.07) is 16.7. The van der Waals surface area contributed by atoms with Crippen molar-refractivity contribution in [2.45, 2.75) is 32.0 Å². The Balaban J connectivity index is 1.26. The Morgan fingerprint density at radius 1 is 1.00 bits per heavy atom. The minimum Gasteiger partial charge on any atom is -0.497 e. The number of amides is 1. The molecule has 1 heterocycles. The van der Waals surface area contributed by atoms with Gasteiger partial charge in [-0.1, -0.05) is 35.9 Å². The van der Waals surface area contributed by atoms with E-state index in [0.29, 0.717) is 12.6 Å². The summed E-state index contributed by atoms with van der Waals surface area (Å²) < 4.78 is 5.24. The number of hydrogen-bond acceptors (Lipinski definition) is 4. The monoisotopic (exact) mass is 427 g/mol. The van der Waals surface area contributed by atoms with E-state index in [1.165, 1.54) is 24.0 Å². The summed E-state index contributed by atoms with van der Waals surface area (Å²) in [5.74, 6) is 1.12. The third-order valence-electron chi connectivity index (χ3n) is 5.99. The van der Waals surface area contributed by atoms with Crippen LogP contribution in [0.15, 0.2) is 48.5 Å². The average molecular weight is 428 g/mol. The lowest BCUT2D eigenvalue weighted by atomic mass is 10.2. The third kappa shape index (κ3) is 5.75. The predicted octanol–water partition coefficient (Wildman–Crippen LogP) is 3.66. The molecule has 4 rings (SSSR count). The molecule has 1 saturated heterocycles. The molecule has 2 aromatic carbocycles. The lowest BCUT2D eigenvalue weighted by Crippen LogP contribution is -2.51. The predicted molar refractivity (Wildman–Crippen MR) is 120 cm³/mol. The van der Waals surface area contributed by atoms with Gasteiger partial charge in [0.1, 0.15) is 5.75 Å². The number of benzene rings is 2. The van der Waals surface area contributed by atoms with Gasteiger partial charge in [-0.05, 0) is 48.2 Å². The van der Waals surface area contributed by atoms with Gasteiger partial charge in [0, 0.05) is 50.3 Å². The number of hydrogen-bond donors (Lipinski definition) is 0. The number of nitrogens with zero attached hydrogens (tertiary/aromatic N) is 3. The largest absolute Gasteiger partial charge is 0.497 e. The Labute approximate surface area is 184 Å². The molecule has 0 radical (unpaired) electrons. The third-order valence-corrected chi connectivity index (χ3v) is 6.24. The zero-order valence-corrected chi connectivity index (χ0v) is 18.4. The maximum absolute atomic E-state index is 13.0. The zero-order valence-electron chi connectivity index (χ0n) is 17.6. The van der Waals surface area contributed by atoms with Crippen molar-refractivity contribution in [3.8, 4) is 5.75 Å². The topological polar surface area (TPSA) is 36.0 Å². The molecule has 2 aromatic rings. The van der Waals surface area contributed by atoms with Crippen molar-refractivity contribution in [3.63, 3.8) is 0 Å². The fourth-order valence-electron chi connectivity index (χ4n) is 4.00. The van der Waals surface area contributed by atoms with Crippen molar-refractivity contribution >= 4 is 17.5 Å². The molecule has 0 atom stereocenters. The standard InChI is InChI=1S/C24H30ClN3O2/c1-30-23-10-4-20(5-11-23)17-28(22-8-9-22)18-24(29)27-14-12-26(13-15-27)16-19-2-6-21(25)7-3-19/h2-7,10-11,22H,8-9,12-18H2,1H3.